The van der Waals surface area contributed by atoms with Gasteiger partial charge < -0.3 is 4.90 Å². The summed E-state index contributed by atoms with van der Waals surface area (Å²) in [5, 5.41) is 7.67. The molecule has 0 aliphatic heterocycles. The molecule has 1 nitrogen and oxygen atoms in total. The van der Waals surface area contributed by atoms with Crippen LogP contribution in [0.15, 0.2) is 188 Å². The fourth-order valence-corrected chi connectivity index (χ4v) is 10.4. The van der Waals surface area contributed by atoms with Gasteiger partial charge in [0.2, 0.25) is 0 Å². The smallest absolute Gasteiger partial charge is 0.0640 e. The van der Waals surface area contributed by atoms with Crippen molar-refractivity contribution in [3.05, 3.63) is 199 Å². The molecule has 10 aromatic rings. The minimum atomic E-state index is -0.0969. The van der Waals surface area contributed by atoms with Crippen molar-refractivity contribution in [1.82, 2.24) is 0 Å². The number of thiophene rings is 1. The minimum Gasteiger partial charge on any atom is -0.309 e. The third kappa shape index (κ3) is 4.92. The molecule has 1 aliphatic carbocycles. The van der Waals surface area contributed by atoms with Crippen LogP contribution < -0.4 is 4.90 Å². The number of nitrogens with zero attached hydrogens (tertiary/aromatic N) is 1. The van der Waals surface area contributed by atoms with E-state index in [0.29, 0.717) is 0 Å². The molecule has 55 heavy (non-hydrogen) atoms. The fraction of sp³-hybridized carbons (Fsp3) is 0.0566. The van der Waals surface area contributed by atoms with Gasteiger partial charge in [0.05, 0.1) is 10.4 Å². The van der Waals surface area contributed by atoms with Crippen LogP contribution in [0.1, 0.15) is 25.0 Å². The third-order valence-electron chi connectivity index (χ3n) is 11.9. The van der Waals surface area contributed by atoms with E-state index < -0.39 is 0 Å². The molecule has 2 heteroatoms. The average Bonchev–Trinajstić information content (AvgIpc) is 3.73. The van der Waals surface area contributed by atoms with Crippen LogP contribution in [-0.4, -0.2) is 0 Å². The molecule has 1 aliphatic rings. The number of fused-ring (bicyclic) bond motifs is 8. The van der Waals surface area contributed by atoms with Gasteiger partial charge in [0.25, 0.3) is 0 Å². The maximum atomic E-state index is 2.47. The molecular formula is C53H37NS. The molecule has 0 fully saturated rings. The van der Waals surface area contributed by atoms with Crippen molar-refractivity contribution < 1.29 is 0 Å². The second-order valence-electron chi connectivity index (χ2n) is 15.3. The molecule has 1 aromatic heterocycles. The monoisotopic (exact) mass is 719 g/mol. The summed E-state index contributed by atoms with van der Waals surface area (Å²) in [5.41, 5.74) is 13.8. The lowest BCUT2D eigenvalue weighted by molar-refractivity contribution is 0.660. The van der Waals surface area contributed by atoms with Crippen molar-refractivity contribution >= 4 is 70.1 Å². The molecule has 0 spiro atoms. The molecule has 260 valence electrons. The zero-order valence-electron chi connectivity index (χ0n) is 30.8. The summed E-state index contributed by atoms with van der Waals surface area (Å²) >= 11 is 1.88. The zero-order chi connectivity index (χ0) is 36.7. The Hall–Kier alpha value is -6.48. The minimum absolute atomic E-state index is 0.0969. The van der Waals surface area contributed by atoms with Crippen molar-refractivity contribution in [3.8, 4) is 33.4 Å². The van der Waals surface area contributed by atoms with Gasteiger partial charge >= 0.3 is 0 Å². The van der Waals surface area contributed by atoms with Gasteiger partial charge in [-0.1, -0.05) is 166 Å². The number of anilines is 3. The topological polar surface area (TPSA) is 3.24 Å². The SMILES string of the molecule is CC1(C)c2ccccc2-c2ccc(N(c3ccc(-c4cccc5c(-c6cccc7ccccc67)cccc45)cc3)c3cccc4c3sc3ccccc34)cc21. The van der Waals surface area contributed by atoms with Gasteiger partial charge in [0.15, 0.2) is 0 Å². The normalized spacial score (nSPS) is 13.1. The molecule has 0 saturated heterocycles. The Labute approximate surface area is 325 Å². The van der Waals surface area contributed by atoms with Crippen molar-refractivity contribution in [3.63, 3.8) is 0 Å². The highest BCUT2D eigenvalue weighted by molar-refractivity contribution is 7.26. The number of benzene rings is 9. The summed E-state index contributed by atoms with van der Waals surface area (Å²) in [6.45, 7) is 4.73. The first kappa shape index (κ1) is 32.0. The van der Waals surface area contributed by atoms with Gasteiger partial charge in [-0.05, 0) is 102 Å². The highest BCUT2D eigenvalue weighted by atomic mass is 32.1. The highest BCUT2D eigenvalue weighted by Crippen LogP contribution is 2.52. The van der Waals surface area contributed by atoms with Crippen LogP contribution in [0.25, 0.3) is 75.1 Å². The van der Waals surface area contributed by atoms with E-state index in [-0.39, 0.29) is 5.41 Å². The van der Waals surface area contributed by atoms with Crippen LogP contribution in [0, 0.1) is 0 Å². The van der Waals surface area contributed by atoms with Gasteiger partial charge in [-0.3, -0.25) is 0 Å². The van der Waals surface area contributed by atoms with Crippen LogP contribution >= 0.6 is 11.3 Å². The Morgan fingerprint density at radius 1 is 0.400 bits per heavy atom. The lowest BCUT2D eigenvalue weighted by atomic mass is 9.82. The van der Waals surface area contributed by atoms with E-state index in [2.05, 4.69) is 207 Å². The van der Waals surface area contributed by atoms with Gasteiger partial charge in [0, 0.05) is 32.3 Å². The summed E-state index contributed by atoms with van der Waals surface area (Å²) in [6.07, 6.45) is 0. The van der Waals surface area contributed by atoms with Crippen molar-refractivity contribution in [2.45, 2.75) is 19.3 Å². The van der Waals surface area contributed by atoms with Crippen LogP contribution in [0.5, 0.6) is 0 Å². The van der Waals surface area contributed by atoms with Crippen LogP contribution in [0.3, 0.4) is 0 Å². The van der Waals surface area contributed by atoms with Gasteiger partial charge in [-0.2, -0.15) is 0 Å². The van der Waals surface area contributed by atoms with E-state index >= 15 is 0 Å². The Kier molecular flexibility index (Phi) is 7.14. The molecule has 0 atom stereocenters. The van der Waals surface area contributed by atoms with Crippen LogP contribution in [0.4, 0.5) is 17.1 Å². The molecular weight excluding hydrogens is 683 g/mol. The van der Waals surface area contributed by atoms with E-state index in [0.717, 1.165) is 5.69 Å². The van der Waals surface area contributed by atoms with Crippen LogP contribution in [-0.2, 0) is 5.41 Å². The first-order valence-corrected chi connectivity index (χ1v) is 19.9. The summed E-state index contributed by atoms with van der Waals surface area (Å²) in [6, 6.07) is 69.6. The predicted molar refractivity (Wildman–Crippen MR) is 237 cm³/mol. The Balaban J connectivity index is 1.07. The standard InChI is InChI=1S/C53H37NS/c1-53(2)48-24-7-5-16-44(48)45-32-31-37(33-49(45)53)54(50-25-12-23-47-46-17-6-8-26-51(46)55-52(47)50)36-29-27-35(28-30-36)39-18-10-21-42-41(39)20-11-22-43(42)40-19-9-14-34-13-3-4-15-38(34)40/h3-33H,1-2H3. The third-order valence-corrected chi connectivity index (χ3v) is 13.1. The van der Waals surface area contributed by atoms with E-state index in [1.807, 2.05) is 11.3 Å². The lowest BCUT2D eigenvalue weighted by Gasteiger charge is -2.28. The maximum Gasteiger partial charge on any atom is 0.0640 e. The molecule has 0 radical (unpaired) electrons. The molecule has 0 saturated carbocycles. The summed E-state index contributed by atoms with van der Waals surface area (Å²) in [4.78, 5) is 2.47. The van der Waals surface area contributed by atoms with Gasteiger partial charge in [0.1, 0.15) is 0 Å². The second kappa shape index (κ2) is 12.3. The largest absolute Gasteiger partial charge is 0.309 e. The molecule has 0 unspecified atom stereocenters. The maximum absolute atomic E-state index is 2.47. The van der Waals surface area contributed by atoms with Gasteiger partial charge in [-0.15, -0.1) is 11.3 Å². The average molecular weight is 720 g/mol. The van der Waals surface area contributed by atoms with Crippen molar-refractivity contribution in [2.24, 2.45) is 0 Å². The number of rotatable bonds is 5. The van der Waals surface area contributed by atoms with E-state index in [1.54, 1.807) is 0 Å². The summed E-state index contributed by atoms with van der Waals surface area (Å²) in [7, 11) is 0. The Morgan fingerprint density at radius 3 is 1.82 bits per heavy atom. The zero-order valence-corrected chi connectivity index (χ0v) is 31.6. The highest BCUT2D eigenvalue weighted by Gasteiger charge is 2.36. The molecule has 11 rings (SSSR count). The number of hydrogen-bond donors (Lipinski definition) is 0. The Bertz CT molecular complexity index is 3120. The van der Waals surface area contributed by atoms with E-state index in [4.69, 9.17) is 0 Å². The van der Waals surface area contributed by atoms with Gasteiger partial charge in [-0.25, -0.2) is 0 Å². The fourth-order valence-electron chi connectivity index (χ4n) is 9.21. The molecule has 9 aromatic carbocycles. The number of hydrogen-bond acceptors (Lipinski definition) is 2. The molecule has 0 bridgehead atoms. The quantitative estimate of drug-likeness (QED) is 0.171. The van der Waals surface area contributed by atoms with Crippen molar-refractivity contribution in [2.75, 3.05) is 4.90 Å². The summed E-state index contributed by atoms with van der Waals surface area (Å²) in [5.74, 6) is 0. The Morgan fingerprint density at radius 2 is 0.964 bits per heavy atom. The van der Waals surface area contributed by atoms with E-state index in [9.17, 15) is 0 Å². The first-order chi connectivity index (χ1) is 27.0. The molecule has 0 N–H and O–H groups in total. The first-order valence-electron chi connectivity index (χ1n) is 19.1. The summed E-state index contributed by atoms with van der Waals surface area (Å²) < 4.78 is 2.61. The molecule has 0 amide bonds. The molecule has 1 heterocycles. The van der Waals surface area contributed by atoms with E-state index in [1.165, 1.54) is 97.6 Å². The second-order valence-corrected chi connectivity index (χ2v) is 16.3. The lowest BCUT2D eigenvalue weighted by Crippen LogP contribution is -2.16. The van der Waals surface area contributed by atoms with Crippen LogP contribution in [0.2, 0.25) is 0 Å². The van der Waals surface area contributed by atoms with Crippen molar-refractivity contribution in [1.29, 1.82) is 0 Å². The predicted octanol–water partition coefficient (Wildman–Crippen LogP) is 15.5.